The van der Waals surface area contributed by atoms with Crippen LogP contribution in [0.2, 0.25) is 0 Å². The van der Waals surface area contributed by atoms with Crippen molar-refractivity contribution in [2.24, 2.45) is 0 Å². The van der Waals surface area contributed by atoms with Gasteiger partial charge in [-0.25, -0.2) is 0 Å². The molecule has 1 unspecified atom stereocenters. The van der Waals surface area contributed by atoms with Gasteiger partial charge in [-0.2, -0.15) is 0 Å². The van der Waals surface area contributed by atoms with Crippen molar-refractivity contribution in [3.8, 4) is 0 Å². The smallest absolute Gasteiger partial charge is 0.0626 e. The summed E-state index contributed by atoms with van der Waals surface area (Å²) in [6, 6.07) is 0.513. The Morgan fingerprint density at radius 1 is 1.00 bits per heavy atom. The molecule has 1 fully saturated rings. The zero-order chi connectivity index (χ0) is 16.1. The number of hydrogen-bond donors (Lipinski definition) is 1. The second-order valence-corrected chi connectivity index (χ2v) is 8.33. The van der Waals surface area contributed by atoms with Crippen molar-refractivity contribution in [2.45, 2.75) is 65.6 Å². The normalized spacial score (nSPS) is 20.7. The van der Waals surface area contributed by atoms with Crippen molar-refractivity contribution in [1.82, 2.24) is 15.1 Å². The van der Waals surface area contributed by atoms with Crippen LogP contribution in [0.1, 0.15) is 48.5 Å². The Hall–Kier alpha value is -0.160. The lowest BCUT2D eigenvalue weighted by atomic mass is 10.1. The monoisotopic (exact) mass is 299 g/mol. The van der Waals surface area contributed by atoms with E-state index < -0.39 is 0 Å². The van der Waals surface area contributed by atoms with E-state index in [2.05, 4.69) is 63.6 Å². The summed E-state index contributed by atoms with van der Waals surface area (Å²) in [4.78, 5) is 5.12. The van der Waals surface area contributed by atoms with Crippen LogP contribution >= 0.6 is 0 Å². The summed E-state index contributed by atoms with van der Waals surface area (Å²) in [5.74, 6) is 0. The van der Waals surface area contributed by atoms with Gasteiger partial charge in [0.25, 0.3) is 0 Å². The van der Waals surface area contributed by atoms with E-state index in [1.807, 2.05) is 0 Å². The minimum atomic E-state index is -0.0330. The van der Waals surface area contributed by atoms with Gasteiger partial charge in [-0.1, -0.05) is 0 Å². The van der Waals surface area contributed by atoms with Gasteiger partial charge in [0.1, 0.15) is 0 Å². The zero-order valence-corrected chi connectivity index (χ0v) is 15.3. The predicted molar refractivity (Wildman–Crippen MR) is 90.9 cm³/mol. The van der Waals surface area contributed by atoms with Crippen molar-refractivity contribution in [3.05, 3.63) is 0 Å². The van der Waals surface area contributed by atoms with Crippen LogP contribution in [0.25, 0.3) is 0 Å². The third kappa shape index (κ3) is 8.77. The maximum Gasteiger partial charge on any atom is 0.0626 e. The molecular formula is C17H37N3O. The number of piperazine rings is 1. The van der Waals surface area contributed by atoms with Crippen LogP contribution in [0, 0.1) is 0 Å². The lowest BCUT2D eigenvalue weighted by Gasteiger charge is -2.39. The van der Waals surface area contributed by atoms with Crippen LogP contribution in [-0.4, -0.2) is 72.9 Å². The van der Waals surface area contributed by atoms with E-state index in [1.165, 1.54) is 13.1 Å². The molecule has 1 N–H and O–H groups in total. The fourth-order valence-corrected chi connectivity index (χ4v) is 2.49. The molecule has 21 heavy (non-hydrogen) atoms. The molecule has 1 aliphatic rings. The average Bonchev–Trinajstić information content (AvgIpc) is 2.34. The van der Waals surface area contributed by atoms with E-state index in [9.17, 15) is 0 Å². The summed E-state index contributed by atoms with van der Waals surface area (Å²) in [6.45, 7) is 23.0. The molecule has 1 rings (SSSR count). The average molecular weight is 300 g/mol. The van der Waals surface area contributed by atoms with E-state index in [4.69, 9.17) is 4.74 Å². The van der Waals surface area contributed by atoms with E-state index in [-0.39, 0.29) is 11.1 Å². The lowest BCUT2D eigenvalue weighted by molar-refractivity contribution is -0.0384. The van der Waals surface area contributed by atoms with Crippen LogP contribution in [-0.2, 0) is 4.74 Å². The Balaban J connectivity index is 2.19. The van der Waals surface area contributed by atoms with E-state index in [1.54, 1.807) is 0 Å². The van der Waals surface area contributed by atoms with Crippen molar-refractivity contribution >= 4 is 0 Å². The maximum absolute atomic E-state index is 5.91. The molecule has 4 nitrogen and oxygen atoms in total. The van der Waals surface area contributed by atoms with E-state index in [0.29, 0.717) is 6.04 Å². The number of nitrogens with one attached hydrogen (secondary N) is 1. The highest BCUT2D eigenvalue weighted by Gasteiger charge is 2.22. The third-order valence-electron chi connectivity index (χ3n) is 3.87. The second-order valence-electron chi connectivity index (χ2n) is 8.33. The van der Waals surface area contributed by atoms with Crippen LogP contribution < -0.4 is 5.32 Å². The van der Waals surface area contributed by atoms with Gasteiger partial charge in [-0.15, -0.1) is 0 Å². The minimum absolute atomic E-state index is 0.0330. The third-order valence-corrected chi connectivity index (χ3v) is 3.87. The van der Waals surface area contributed by atoms with Gasteiger partial charge in [0.05, 0.1) is 12.2 Å². The van der Waals surface area contributed by atoms with E-state index in [0.717, 1.165) is 32.8 Å². The van der Waals surface area contributed by atoms with E-state index >= 15 is 0 Å². The molecule has 4 heteroatoms. The Bertz CT molecular complexity index is 285. The van der Waals surface area contributed by atoms with Crippen LogP contribution in [0.3, 0.4) is 0 Å². The van der Waals surface area contributed by atoms with Gasteiger partial charge in [0.15, 0.2) is 0 Å². The zero-order valence-electron chi connectivity index (χ0n) is 15.3. The molecule has 1 saturated heterocycles. The first-order chi connectivity index (χ1) is 9.57. The summed E-state index contributed by atoms with van der Waals surface area (Å²) in [6.07, 6.45) is 0. The summed E-state index contributed by atoms with van der Waals surface area (Å²) in [5, 5.41) is 3.56. The van der Waals surface area contributed by atoms with Gasteiger partial charge in [-0.3, -0.25) is 9.80 Å². The van der Waals surface area contributed by atoms with Gasteiger partial charge in [-0.05, 0) is 48.5 Å². The van der Waals surface area contributed by atoms with Crippen molar-refractivity contribution < 1.29 is 4.74 Å². The minimum Gasteiger partial charge on any atom is -0.374 e. The quantitative estimate of drug-likeness (QED) is 0.814. The first kappa shape index (κ1) is 18.9. The Morgan fingerprint density at radius 3 is 2.05 bits per heavy atom. The predicted octanol–water partition coefficient (Wildman–Crippen LogP) is 2.20. The lowest BCUT2D eigenvalue weighted by Crippen LogP contribution is -2.52. The molecule has 1 heterocycles. The molecule has 0 aromatic heterocycles. The number of hydrogen-bond acceptors (Lipinski definition) is 4. The first-order valence-corrected chi connectivity index (χ1v) is 8.42. The van der Waals surface area contributed by atoms with Gasteiger partial charge in [0.2, 0.25) is 0 Å². The van der Waals surface area contributed by atoms with Crippen LogP contribution in [0.4, 0.5) is 0 Å². The van der Waals surface area contributed by atoms with Gasteiger partial charge >= 0.3 is 0 Å². The molecule has 1 aliphatic heterocycles. The van der Waals surface area contributed by atoms with Crippen molar-refractivity contribution in [3.63, 3.8) is 0 Å². The van der Waals surface area contributed by atoms with Crippen LogP contribution in [0.15, 0.2) is 0 Å². The fraction of sp³-hybridized carbons (Fsp3) is 1.00. The highest BCUT2D eigenvalue weighted by molar-refractivity contribution is 4.78. The molecule has 0 amide bonds. The van der Waals surface area contributed by atoms with Crippen molar-refractivity contribution in [2.75, 3.05) is 45.9 Å². The summed E-state index contributed by atoms with van der Waals surface area (Å²) >= 11 is 0. The molecular weight excluding hydrogens is 262 g/mol. The first-order valence-electron chi connectivity index (χ1n) is 8.42. The molecule has 126 valence electrons. The number of ether oxygens (including phenoxy) is 1. The molecule has 0 bridgehead atoms. The summed E-state index contributed by atoms with van der Waals surface area (Å²) in [7, 11) is 0. The maximum atomic E-state index is 5.91. The SMILES string of the molecule is CC(COC(C)(C)C)N1CCN(CCNC(C)(C)C)CC1. The highest BCUT2D eigenvalue weighted by atomic mass is 16.5. The molecule has 0 saturated carbocycles. The molecule has 0 aromatic rings. The largest absolute Gasteiger partial charge is 0.374 e. The van der Waals surface area contributed by atoms with Gasteiger partial charge in [0, 0.05) is 50.8 Å². The standard InChI is InChI=1S/C17H37N3O/c1-15(14-21-17(5,6)7)20-12-10-19(11-13-20)9-8-18-16(2,3)4/h15,18H,8-14H2,1-7H3. The molecule has 0 spiro atoms. The van der Waals surface area contributed by atoms with Crippen LogP contribution in [0.5, 0.6) is 0 Å². The Labute approximate surface area is 132 Å². The number of nitrogens with zero attached hydrogens (tertiary/aromatic N) is 2. The Kier molecular flexibility index (Phi) is 7.11. The fourth-order valence-electron chi connectivity index (χ4n) is 2.49. The van der Waals surface area contributed by atoms with Gasteiger partial charge < -0.3 is 10.1 Å². The summed E-state index contributed by atoms with van der Waals surface area (Å²) < 4.78 is 5.91. The molecule has 0 radical (unpaired) electrons. The molecule has 0 aliphatic carbocycles. The molecule has 1 atom stereocenters. The Morgan fingerprint density at radius 2 is 1.57 bits per heavy atom. The van der Waals surface area contributed by atoms with Crippen molar-refractivity contribution in [1.29, 1.82) is 0 Å². The topological polar surface area (TPSA) is 27.7 Å². The highest BCUT2D eigenvalue weighted by Crippen LogP contribution is 2.11. The summed E-state index contributed by atoms with van der Waals surface area (Å²) in [5.41, 5.74) is 0.190. The molecule has 0 aromatic carbocycles. The number of rotatable bonds is 6. The second kappa shape index (κ2) is 7.91.